The van der Waals surface area contributed by atoms with Crippen molar-refractivity contribution < 1.29 is 27.1 Å². The van der Waals surface area contributed by atoms with Gasteiger partial charge in [-0.3, -0.25) is 13.9 Å². The second-order valence-corrected chi connectivity index (χ2v) is 16.4. The normalized spacial score (nSPS) is 20.5. The van der Waals surface area contributed by atoms with Crippen molar-refractivity contribution in [2.45, 2.75) is 96.4 Å². The Kier molecular flexibility index (Phi) is 11.1. The number of anilines is 2. The molecule has 1 saturated heterocycles. The molecular weight excluding hydrogens is 724 g/mol. The summed E-state index contributed by atoms with van der Waals surface area (Å²) in [6.45, 7) is 10.7. The number of nitrogens with zero attached hydrogens (tertiary/aromatic N) is 6. The minimum absolute atomic E-state index is 0.0759. The fraction of sp³-hybridized carbons (Fsp3) is 0.450. The van der Waals surface area contributed by atoms with E-state index in [0.717, 1.165) is 41.3 Å². The summed E-state index contributed by atoms with van der Waals surface area (Å²) in [5, 5.41) is 19.9. The fourth-order valence-corrected chi connectivity index (χ4v) is 7.82. The minimum Gasteiger partial charge on any atom is -0.491 e. The van der Waals surface area contributed by atoms with Gasteiger partial charge in [-0.05, 0) is 75.3 Å². The van der Waals surface area contributed by atoms with Gasteiger partial charge in [-0.2, -0.15) is 5.10 Å². The lowest BCUT2D eigenvalue weighted by molar-refractivity contribution is 0.171. The lowest BCUT2D eigenvalue weighted by Crippen LogP contribution is -2.44. The summed E-state index contributed by atoms with van der Waals surface area (Å²) in [5.74, 6) is 1.62. The van der Waals surface area contributed by atoms with E-state index in [1.54, 1.807) is 12.1 Å². The second kappa shape index (κ2) is 16.0. The molecule has 2 amide bonds. The lowest BCUT2D eigenvalue weighted by Gasteiger charge is -2.39. The Balaban J connectivity index is 1.08. The fourth-order valence-electron chi connectivity index (χ4n) is 7.52. The third-order valence-electron chi connectivity index (χ3n) is 10.2. The van der Waals surface area contributed by atoms with Crippen LogP contribution in [-0.2, 0) is 20.7 Å². The zero-order valence-electron chi connectivity index (χ0n) is 32.1. The number of ether oxygens (including phenoxy) is 2. The van der Waals surface area contributed by atoms with Gasteiger partial charge >= 0.3 is 6.03 Å². The van der Waals surface area contributed by atoms with Gasteiger partial charge in [-0.15, -0.1) is 10.2 Å². The number of carbonyl (C=O) groups excluding carboxylic acids is 1. The smallest absolute Gasteiger partial charge is 0.320 e. The van der Waals surface area contributed by atoms with Crippen LogP contribution in [0.2, 0.25) is 0 Å². The number of urea groups is 1. The standard InChI is InChI=1S/C40H49FN8O5S/c1-25-10-9-11-26(2)48(25)39-45-44-36-17-14-29(24-47(36)39)54-34-16-15-33(31-12-7-8-13-32(31)34)42-38(50)43-37-23-35(40(3,4)5)46-49(37)28-20-27(41)21-30(22-28)52-18-19-53-55(6)51/h7-8,12-14,17,20-26,33-34H,9-11,15-16,18-19H2,1-6H3,(H2,42,43,50)/t25-,26?,33?,34+,55?/m0/s1. The second-order valence-electron chi connectivity index (χ2n) is 15.4. The number of hydrogen-bond acceptors (Lipinski definition) is 9. The number of nitrogens with one attached hydrogen (secondary N) is 2. The molecule has 2 N–H and O–H groups in total. The van der Waals surface area contributed by atoms with Gasteiger partial charge in [-0.1, -0.05) is 45.0 Å². The van der Waals surface area contributed by atoms with Crippen molar-refractivity contribution in [2.24, 2.45) is 0 Å². The van der Waals surface area contributed by atoms with E-state index in [4.69, 9.17) is 18.8 Å². The van der Waals surface area contributed by atoms with Crippen LogP contribution in [0.3, 0.4) is 0 Å². The number of benzene rings is 2. The van der Waals surface area contributed by atoms with Crippen LogP contribution in [0.5, 0.6) is 11.5 Å². The van der Waals surface area contributed by atoms with E-state index in [1.807, 2.05) is 67.8 Å². The zero-order chi connectivity index (χ0) is 38.9. The highest BCUT2D eigenvalue weighted by atomic mass is 32.2. The first-order valence-corrected chi connectivity index (χ1v) is 20.3. The molecule has 7 rings (SSSR count). The van der Waals surface area contributed by atoms with Crippen molar-refractivity contribution in [3.05, 3.63) is 89.5 Å². The molecule has 0 radical (unpaired) electrons. The molecule has 15 heteroatoms. The first kappa shape index (κ1) is 38.3. The van der Waals surface area contributed by atoms with Crippen LogP contribution < -0.4 is 25.0 Å². The molecule has 2 aromatic carbocycles. The maximum absolute atomic E-state index is 14.9. The zero-order valence-corrected chi connectivity index (χ0v) is 32.9. The van der Waals surface area contributed by atoms with Crippen LogP contribution in [0.25, 0.3) is 11.3 Å². The molecule has 1 fully saturated rings. The Morgan fingerprint density at radius 3 is 2.45 bits per heavy atom. The van der Waals surface area contributed by atoms with Gasteiger partial charge in [0.2, 0.25) is 5.95 Å². The molecule has 0 saturated carbocycles. The van der Waals surface area contributed by atoms with E-state index < -0.39 is 22.9 Å². The van der Waals surface area contributed by atoms with E-state index in [0.29, 0.717) is 42.1 Å². The van der Waals surface area contributed by atoms with E-state index in [-0.39, 0.29) is 36.5 Å². The van der Waals surface area contributed by atoms with Crippen LogP contribution in [-0.4, -0.2) is 66.2 Å². The minimum atomic E-state index is -1.44. The number of pyridine rings is 1. The average molecular weight is 773 g/mol. The maximum atomic E-state index is 14.9. The van der Waals surface area contributed by atoms with Gasteiger partial charge < -0.3 is 19.7 Å². The summed E-state index contributed by atoms with van der Waals surface area (Å²) in [6.07, 6.45) is 7.94. The maximum Gasteiger partial charge on any atom is 0.320 e. The molecule has 13 nitrogen and oxygen atoms in total. The molecule has 1 aliphatic heterocycles. The Bertz CT molecular complexity index is 2170. The number of hydrogen-bond donors (Lipinski definition) is 2. The van der Waals surface area contributed by atoms with Crippen molar-refractivity contribution in [1.82, 2.24) is 29.7 Å². The number of halogens is 1. The largest absolute Gasteiger partial charge is 0.491 e. The van der Waals surface area contributed by atoms with E-state index in [9.17, 15) is 13.4 Å². The highest BCUT2D eigenvalue weighted by Crippen LogP contribution is 2.39. The van der Waals surface area contributed by atoms with E-state index in [2.05, 4.69) is 39.6 Å². The Morgan fingerprint density at radius 1 is 0.945 bits per heavy atom. The van der Waals surface area contributed by atoms with E-state index in [1.165, 1.54) is 29.5 Å². The summed E-state index contributed by atoms with van der Waals surface area (Å²) >= 11 is -1.44. The molecule has 292 valence electrons. The Morgan fingerprint density at radius 2 is 1.71 bits per heavy atom. The van der Waals surface area contributed by atoms with Crippen LogP contribution >= 0.6 is 0 Å². The summed E-state index contributed by atoms with van der Waals surface area (Å²) in [5.41, 5.74) is 3.45. The van der Waals surface area contributed by atoms with Gasteiger partial charge in [0.1, 0.15) is 35.8 Å². The number of amides is 2. The molecule has 55 heavy (non-hydrogen) atoms. The Labute approximate surface area is 323 Å². The predicted octanol–water partition coefficient (Wildman–Crippen LogP) is 7.58. The number of rotatable bonds is 11. The molecular formula is C40H49FN8O5S. The molecule has 2 aliphatic rings. The number of aromatic nitrogens is 5. The van der Waals surface area contributed by atoms with Gasteiger partial charge in [-0.25, -0.2) is 18.1 Å². The number of fused-ring (bicyclic) bond motifs is 2. The van der Waals surface area contributed by atoms with Crippen molar-refractivity contribution in [3.8, 4) is 17.2 Å². The molecule has 5 aromatic rings. The highest BCUT2D eigenvalue weighted by Gasteiger charge is 2.32. The monoisotopic (exact) mass is 772 g/mol. The van der Waals surface area contributed by atoms with E-state index >= 15 is 0 Å². The quantitative estimate of drug-likeness (QED) is 0.130. The first-order chi connectivity index (χ1) is 26.3. The summed E-state index contributed by atoms with van der Waals surface area (Å²) in [6, 6.07) is 17.9. The van der Waals surface area contributed by atoms with Crippen molar-refractivity contribution >= 4 is 34.5 Å². The molecule has 3 unspecified atom stereocenters. The molecule has 0 spiro atoms. The van der Waals surface area contributed by atoms with Gasteiger partial charge in [0.05, 0.1) is 30.2 Å². The third-order valence-corrected chi connectivity index (χ3v) is 10.7. The summed E-state index contributed by atoms with van der Waals surface area (Å²) in [4.78, 5) is 16.1. The number of carbonyl (C=O) groups is 1. The third kappa shape index (κ3) is 8.62. The van der Waals surface area contributed by atoms with Gasteiger partial charge in [0.25, 0.3) is 0 Å². The highest BCUT2D eigenvalue weighted by molar-refractivity contribution is 7.79. The predicted molar refractivity (Wildman–Crippen MR) is 210 cm³/mol. The first-order valence-electron chi connectivity index (χ1n) is 18.8. The van der Waals surface area contributed by atoms with Crippen LogP contribution in [0.15, 0.2) is 66.9 Å². The van der Waals surface area contributed by atoms with Crippen LogP contribution in [0, 0.1) is 5.82 Å². The van der Waals surface area contributed by atoms with Crippen molar-refractivity contribution in [3.63, 3.8) is 0 Å². The van der Waals surface area contributed by atoms with Gasteiger partial charge in [0.15, 0.2) is 16.7 Å². The van der Waals surface area contributed by atoms with Crippen LogP contribution in [0.1, 0.15) is 95.7 Å². The molecule has 5 atom stereocenters. The van der Waals surface area contributed by atoms with Gasteiger partial charge in [0, 0.05) is 42.0 Å². The molecule has 3 aromatic heterocycles. The van der Waals surface area contributed by atoms with Crippen LogP contribution in [0.4, 0.5) is 21.0 Å². The molecule has 0 bridgehead atoms. The lowest BCUT2D eigenvalue weighted by atomic mass is 9.85. The Hall–Kier alpha value is -5.02. The number of piperidine rings is 1. The van der Waals surface area contributed by atoms with Crippen molar-refractivity contribution in [2.75, 3.05) is 29.7 Å². The SMILES string of the molecule is CC1CCC[C@H](C)N1c1nnc2ccc(O[C@@H]3CCC(NC(=O)Nc4cc(C(C)(C)C)nn4-c4cc(F)cc(OCCOS(C)=O)c4)c4ccccc43)cn12. The average Bonchev–Trinajstić information content (AvgIpc) is 3.75. The summed E-state index contributed by atoms with van der Waals surface area (Å²) in [7, 11) is 0. The van der Waals surface area contributed by atoms with Crippen molar-refractivity contribution in [1.29, 1.82) is 0 Å². The topological polar surface area (TPSA) is 137 Å². The molecule has 4 heterocycles. The summed E-state index contributed by atoms with van der Waals surface area (Å²) < 4.78 is 47.0. The molecule has 1 aliphatic carbocycles.